The summed E-state index contributed by atoms with van der Waals surface area (Å²) >= 11 is 4.85. The molecule has 0 spiro atoms. The van der Waals surface area contributed by atoms with Gasteiger partial charge in [0.05, 0.1) is 5.69 Å². The van der Waals surface area contributed by atoms with Crippen LogP contribution in [-0.4, -0.2) is 31.6 Å². The fraction of sp³-hybridized carbons (Fsp3) is 0.211. The number of nitrogens with one attached hydrogen (secondary N) is 1. The molecule has 8 nitrogen and oxygen atoms in total. The average molecular weight is 431 g/mol. The molecular formula is C19H18N4O4S2. The van der Waals surface area contributed by atoms with Crippen molar-refractivity contribution in [3.8, 4) is 11.5 Å². The number of aromatic nitrogens is 2. The first-order chi connectivity index (χ1) is 14.0. The molecule has 0 saturated carbocycles. The van der Waals surface area contributed by atoms with E-state index >= 15 is 0 Å². The van der Waals surface area contributed by atoms with Crippen molar-refractivity contribution in [1.82, 2.24) is 10.1 Å². The highest BCUT2D eigenvalue weighted by Crippen LogP contribution is 2.58. The van der Waals surface area contributed by atoms with Gasteiger partial charge in [0.2, 0.25) is 0 Å². The minimum absolute atomic E-state index is 0.184. The molecule has 0 amide bonds. The summed E-state index contributed by atoms with van der Waals surface area (Å²) in [5, 5.41) is 2.68. The third-order valence-electron chi connectivity index (χ3n) is 4.86. The Hall–Kier alpha value is -2.66. The molecule has 2 aliphatic heterocycles. The van der Waals surface area contributed by atoms with E-state index in [1.165, 1.54) is 0 Å². The molecule has 5 rings (SSSR count). The second-order valence-corrected chi connectivity index (χ2v) is 8.87. The van der Waals surface area contributed by atoms with Gasteiger partial charge in [0.1, 0.15) is 28.1 Å². The van der Waals surface area contributed by atoms with E-state index in [2.05, 4.69) is 14.5 Å². The summed E-state index contributed by atoms with van der Waals surface area (Å²) in [6.45, 7) is 0.832. The van der Waals surface area contributed by atoms with Gasteiger partial charge >= 0.3 is 4.84 Å². The molecule has 0 radical (unpaired) electrons. The molecule has 1 saturated heterocycles. The van der Waals surface area contributed by atoms with Gasteiger partial charge in [0.15, 0.2) is 0 Å². The normalized spacial score (nSPS) is 18.0. The van der Waals surface area contributed by atoms with Crippen LogP contribution in [0.5, 0.6) is 11.5 Å². The van der Waals surface area contributed by atoms with Crippen LogP contribution in [0, 0.1) is 4.84 Å². The number of ether oxygens (including phenoxy) is 1. The number of benzene rings is 2. The Kier molecular flexibility index (Phi) is 4.43. The minimum atomic E-state index is -3.21. The van der Waals surface area contributed by atoms with E-state index in [-0.39, 0.29) is 4.84 Å². The molecule has 0 atom stereocenters. The fourth-order valence-electron chi connectivity index (χ4n) is 3.55. The maximum Gasteiger partial charge on any atom is 0.314 e. The highest BCUT2D eigenvalue weighted by atomic mass is 32.3. The number of aromatic amines is 1. The number of amidine groups is 1. The van der Waals surface area contributed by atoms with Crippen LogP contribution in [0.25, 0.3) is 0 Å². The summed E-state index contributed by atoms with van der Waals surface area (Å²) in [6.07, 6.45) is 2.29. The third-order valence-corrected chi connectivity index (χ3v) is 6.41. The Morgan fingerprint density at radius 3 is 2.72 bits per heavy atom. The Morgan fingerprint density at radius 2 is 1.97 bits per heavy atom. The van der Waals surface area contributed by atoms with Gasteiger partial charge in [-0.25, -0.2) is 5.16 Å². The van der Waals surface area contributed by atoms with Crippen LogP contribution in [0.15, 0.2) is 56.3 Å². The summed E-state index contributed by atoms with van der Waals surface area (Å²) in [7, 11) is -3.21. The van der Waals surface area contributed by atoms with Crippen molar-refractivity contribution in [2.24, 2.45) is 4.40 Å². The van der Waals surface area contributed by atoms with E-state index in [0.29, 0.717) is 28.6 Å². The lowest BCUT2D eigenvalue weighted by Gasteiger charge is -2.37. The van der Waals surface area contributed by atoms with Crippen LogP contribution in [-0.2, 0) is 6.42 Å². The summed E-state index contributed by atoms with van der Waals surface area (Å²) in [5.41, 5.74) is 1.81. The Morgan fingerprint density at radius 1 is 1.17 bits per heavy atom. The quantitative estimate of drug-likeness (QED) is 0.491. The smallest absolute Gasteiger partial charge is 0.314 e. The Balaban J connectivity index is 1.36. The number of H-pyrrole nitrogens is 1. The lowest BCUT2D eigenvalue weighted by atomic mass is 10.1. The van der Waals surface area contributed by atoms with Crippen molar-refractivity contribution < 1.29 is 18.4 Å². The van der Waals surface area contributed by atoms with Gasteiger partial charge in [0, 0.05) is 25.5 Å². The first-order valence-corrected chi connectivity index (χ1v) is 11.0. The summed E-state index contributed by atoms with van der Waals surface area (Å²) in [5.74, 6) is 2.56. The van der Waals surface area contributed by atoms with Crippen molar-refractivity contribution in [1.29, 1.82) is 0 Å². The number of rotatable bonds is 4. The van der Waals surface area contributed by atoms with Crippen LogP contribution >= 0.6 is 23.0 Å². The molecule has 0 bridgehead atoms. The number of fused-ring (bicyclic) bond motifs is 3. The first-order valence-electron chi connectivity index (χ1n) is 9.08. The van der Waals surface area contributed by atoms with Gasteiger partial charge in [-0.3, -0.25) is 9.11 Å². The number of hydrogen-bond donors (Lipinski definition) is 3. The van der Waals surface area contributed by atoms with Gasteiger partial charge in [-0.15, -0.1) is 4.40 Å². The second kappa shape index (κ2) is 6.99. The summed E-state index contributed by atoms with van der Waals surface area (Å²) < 4.78 is 36.0. The first kappa shape index (κ1) is 18.4. The lowest BCUT2D eigenvalue weighted by molar-refractivity contribution is 0.399. The number of hydrogen-bond acceptors (Lipinski definition) is 8. The van der Waals surface area contributed by atoms with E-state index in [4.69, 9.17) is 21.5 Å². The molecular weight excluding hydrogens is 412 g/mol. The highest BCUT2D eigenvalue weighted by molar-refractivity contribution is 8.23. The molecule has 1 aromatic heterocycles. The molecule has 1 fully saturated rings. The van der Waals surface area contributed by atoms with Crippen LogP contribution in [0.2, 0.25) is 0 Å². The van der Waals surface area contributed by atoms with Crippen LogP contribution in [0.1, 0.15) is 24.2 Å². The fourth-order valence-corrected chi connectivity index (χ4v) is 5.02. The van der Waals surface area contributed by atoms with E-state index < -0.39 is 10.8 Å². The predicted molar refractivity (Wildman–Crippen MR) is 113 cm³/mol. The zero-order valence-electron chi connectivity index (χ0n) is 15.2. The van der Waals surface area contributed by atoms with Gasteiger partial charge in [-0.2, -0.15) is 4.98 Å². The number of anilines is 1. The van der Waals surface area contributed by atoms with Crippen LogP contribution in [0.4, 0.5) is 5.69 Å². The van der Waals surface area contributed by atoms with Crippen molar-refractivity contribution in [3.05, 3.63) is 58.7 Å². The molecule has 0 aliphatic carbocycles. The van der Waals surface area contributed by atoms with E-state index in [1.807, 2.05) is 41.3 Å². The van der Waals surface area contributed by atoms with E-state index in [1.54, 1.807) is 6.07 Å². The Labute approximate surface area is 173 Å². The molecule has 2 aliphatic rings. The van der Waals surface area contributed by atoms with Crippen molar-refractivity contribution in [2.45, 2.75) is 24.2 Å². The maximum atomic E-state index is 10.5. The molecule has 2 aromatic carbocycles. The third kappa shape index (κ3) is 3.55. The molecule has 3 heterocycles. The monoisotopic (exact) mass is 430 g/mol. The van der Waals surface area contributed by atoms with Gasteiger partial charge < -0.3 is 14.2 Å². The van der Waals surface area contributed by atoms with Crippen LogP contribution < -0.4 is 9.64 Å². The van der Waals surface area contributed by atoms with Crippen molar-refractivity contribution in [3.63, 3.8) is 0 Å². The maximum absolute atomic E-state index is 10.5. The van der Waals surface area contributed by atoms with E-state index in [0.717, 1.165) is 36.5 Å². The molecule has 3 N–H and O–H groups in total. The largest absolute Gasteiger partial charge is 0.457 e. The zero-order chi connectivity index (χ0) is 20.0. The van der Waals surface area contributed by atoms with Gasteiger partial charge in [-0.1, -0.05) is 22.9 Å². The van der Waals surface area contributed by atoms with Crippen molar-refractivity contribution in [2.75, 3.05) is 11.4 Å². The Bertz CT molecular complexity index is 1150. The molecule has 29 heavy (non-hydrogen) atoms. The second-order valence-electron chi connectivity index (χ2n) is 6.86. The predicted octanol–water partition coefficient (Wildman–Crippen LogP) is 5.15. The molecule has 3 aromatic rings. The topological polar surface area (TPSA) is 107 Å². The molecule has 10 heteroatoms. The standard InChI is InChI=1S/C19H18N4O4S2/c24-29(25)16-11-14(7-8-15(16)23-9-1-2-18(23)22-29)26-13-5-3-12(4-6-13)10-17-20-19(28)27-21-17/h3-8,11,24-25H,1-2,9-10H2,(H,20,21,28). The zero-order valence-corrected chi connectivity index (χ0v) is 16.9. The van der Waals surface area contributed by atoms with E-state index in [9.17, 15) is 9.11 Å². The average Bonchev–Trinajstić information content (AvgIpc) is 3.32. The van der Waals surface area contributed by atoms with Crippen LogP contribution in [0.3, 0.4) is 0 Å². The molecule has 150 valence electrons. The summed E-state index contributed by atoms with van der Waals surface area (Å²) in [4.78, 5) is 6.70. The minimum Gasteiger partial charge on any atom is -0.457 e. The SMILES string of the molecule is OS1(O)N=C2CCCN2c2ccc(Oc3ccc(Cc4nc(=S)o[nH]4)cc3)cc21. The number of nitrogens with zero attached hydrogens (tertiary/aromatic N) is 3. The van der Waals surface area contributed by atoms with Gasteiger partial charge in [0.25, 0.3) is 0 Å². The van der Waals surface area contributed by atoms with Gasteiger partial charge in [-0.05, 0) is 48.5 Å². The highest BCUT2D eigenvalue weighted by Gasteiger charge is 2.34. The molecule has 0 unspecified atom stereocenters. The summed E-state index contributed by atoms with van der Waals surface area (Å²) in [6, 6.07) is 12.9. The lowest BCUT2D eigenvalue weighted by Crippen LogP contribution is -2.29. The van der Waals surface area contributed by atoms with Crippen molar-refractivity contribution >= 4 is 34.5 Å².